The summed E-state index contributed by atoms with van der Waals surface area (Å²) in [5.41, 5.74) is 8.04. The van der Waals surface area contributed by atoms with Crippen LogP contribution >= 0.6 is 0 Å². The largest absolute Gasteiger partial charge is 0.375 e. The number of carbonyl (C=O) groups is 1. The summed E-state index contributed by atoms with van der Waals surface area (Å²) in [7, 11) is 0. The van der Waals surface area contributed by atoms with Crippen LogP contribution < -0.4 is 5.73 Å². The Kier molecular flexibility index (Phi) is 5.60. The minimum Gasteiger partial charge on any atom is -0.375 e. The molecule has 2 aromatic rings. The summed E-state index contributed by atoms with van der Waals surface area (Å²) in [6.45, 7) is 3.54. The summed E-state index contributed by atoms with van der Waals surface area (Å²) in [6.07, 6.45) is 3.07. The number of nitrogens with zero attached hydrogens (tertiary/aromatic N) is 3. The molecule has 0 saturated carbocycles. The van der Waals surface area contributed by atoms with Gasteiger partial charge in [0.25, 0.3) is 5.91 Å². The Bertz CT molecular complexity index is 700. The molecular formula is C19H24N4O2. The Morgan fingerprint density at radius 2 is 2.12 bits per heavy atom. The van der Waals surface area contributed by atoms with E-state index in [1.165, 1.54) is 5.56 Å². The lowest BCUT2D eigenvalue weighted by Crippen LogP contribution is -2.46. The van der Waals surface area contributed by atoms with E-state index < -0.39 is 0 Å². The van der Waals surface area contributed by atoms with E-state index in [0.717, 1.165) is 19.3 Å². The van der Waals surface area contributed by atoms with Crippen molar-refractivity contribution in [2.24, 2.45) is 0 Å². The highest BCUT2D eigenvalue weighted by Crippen LogP contribution is 2.15. The molecule has 6 nitrogen and oxygen atoms in total. The number of carbonyl (C=O) groups excluding carboxylic acids is 1. The molecule has 0 spiro atoms. The fourth-order valence-corrected chi connectivity index (χ4v) is 3.12. The Morgan fingerprint density at radius 1 is 1.32 bits per heavy atom. The minimum absolute atomic E-state index is 0.0710. The number of hydrogen-bond donors (Lipinski definition) is 1. The summed E-state index contributed by atoms with van der Waals surface area (Å²) in [5, 5.41) is 0. The van der Waals surface area contributed by atoms with Crippen molar-refractivity contribution >= 4 is 11.9 Å². The lowest BCUT2D eigenvalue weighted by Gasteiger charge is -2.33. The van der Waals surface area contributed by atoms with Crippen LogP contribution in [0, 0.1) is 6.92 Å². The molecule has 1 amide bonds. The molecule has 0 radical (unpaired) electrons. The normalized spacial score (nSPS) is 17.5. The predicted octanol–water partition coefficient (Wildman–Crippen LogP) is 2.23. The molecule has 1 atom stereocenters. The summed E-state index contributed by atoms with van der Waals surface area (Å²) in [6, 6.07) is 12.1. The molecule has 1 saturated heterocycles. The van der Waals surface area contributed by atoms with Gasteiger partial charge in [0.15, 0.2) is 0 Å². The number of amides is 1. The Morgan fingerprint density at radius 3 is 2.88 bits per heavy atom. The van der Waals surface area contributed by atoms with E-state index in [0.29, 0.717) is 31.1 Å². The average molecular weight is 340 g/mol. The lowest BCUT2D eigenvalue weighted by atomic mass is 10.0. The molecule has 1 aromatic carbocycles. The number of nitrogen functional groups attached to an aromatic ring is 1. The van der Waals surface area contributed by atoms with Gasteiger partial charge in [-0.25, -0.2) is 9.97 Å². The quantitative estimate of drug-likeness (QED) is 0.903. The molecule has 25 heavy (non-hydrogen) atoms. The van der Waals surface area contributed by atoms with Crippen molar-refractivity contribution in [1.29, 1.82) is 0 Å². The molecule has 132 valence electrons. The Hall–Kier alpha value is -2.47. The van der Waals surface area contributed by atoms with Gasteiger partial charge >= 0.3 is 0 Å². The van der Waals surface area contributed by atoms with Crippen molar-refractivity contribution < 1.29 is 9.53 Å². The van der Waals surface area contributed by atoms with E-state index in [9.17, 15) is 4.79 Å². The van der Waals surface area contributed by atoms with Crippen molar-refractivity contribution in [3.63, 3.8) is 0 Å². The van der Waals surface area contributed by atoms with E-state index in [1.807, 2.05) is 6.07 Å². The molecule has 0 bridgehead atoms. The molecule has 6 heteroatoms. The third-order valence-electron chi connectivity index (χ3n) is 4.35. The van der Waals surface area contributed by atoms with Crippen LogP contribution in [0.4, 0.5) is 5.95 Å². The fourth-order valence-electron chi connectivity index (χ4n) is 3.12. The van der Waals surface area contributed by atoms with Gasteiger partial charge < -0.3 is 15.4 Å². The minimum atomic E-state index is -0.103. The van der Waals surface area contributed by atoms with Gasteiger partial charge in [0.1, 0.15) is 5.69 Å². The number of anilines is 1. The van der Waals surface area contributed by atoms with Gasteiger partial charge in [0, 0.05) is 18.8 Å². The first-order valence-corrected chi connectivity index (χ1v) is 8.68. The number of rotatable bonds is 5. The second-order valence-electron chi connectivity index (χ2n) is 6.37. The van der Waals surface area contributed by atoms with Crippen LogP contribution in [0.5, 0.6) is 0 Å². The number of aryl methyl sites for hydroxylation is 2. The predicted molar refractivity (Wildman–Crippen MR) is 96.2 cm³/mol. The smallest absolute Gasteiger partial charge is 0.272 e. The maximum absolute atomic E-state index is 12.7. The van der Waals surface area contributed by atoms with Gasteiger partial charge in [-0.3, -0.25) is 4.79 Å². The highest BCUT2D eigenvalue weighted by atomic mass is 16.5. The van der Waals surface area contributed by atoms with E-state index >= 15 is 0 Å². The van der Waals surface area contributed by atoms with Crippen molar-refractivity contribution in [1.82, 2.24) is 14.9 Å². The maximum atomic E-state index is 12.7. The SMILES string of the molecule is Cc1cc(C(=O)N2CCOC(CCCc3ccccc3)C2)nc(N)n1. The number of morpholine rings is 1. The van der Waals surface area contributed by atoms with Crippen molar-refractivity contribution in [2.45, 2.75) is 32.3 Å². The summed E-state index contributed by atoms with van der Waals surface area (Å²) in [4.78, 5) is 22.6. The Labute approximate surface area is 148 Å². The van der Waals surface area contributed by atoms with E-state index in [1.54, 1.807) is 17.9 Å². The van der Waals surface area contributed by atoms with Gasteiger partial charge in [0.05, 0.1) is 12.7 Å². The first kappa shape index (κ1) is 17.4. The molecular weight excluding hydrogens is 316 g/mol. The average Bonchev–Trinajstić information content (AvgIpc) is 2.61. The van der Waals surface area contributed by atoms with Crippen LogP contribution in [-0.2, 0) is 11.2 Å². The van der Waals surface area contributed by atoms with E-state index in [2.05, 4.69) is 34.2 Å². The van der Waals surface area contributed by atoms with Gasteiger partial charge in [-0.1, -0.05) is 30.3 Å². The first-order chi connectivity index (χ1) is 12.1. The van der Waals surface area contributed by atoms with Gasteiger partial charge in [-0.05, 0) is 37.8 Å². The second-order valence-corrected chi connectivity index (χ2v) is 6.37. The van der Waals surface area contributed by atoms with Crippen LogP contribution in [0.3, 0.4) is 0 Å². The molecule has 1 fully saturated rings. The standard InChI is InChI=1S/C19H24N4O2/c1-14-12-17(22-19(20)21-14)18(24)23-10-11-25-16(13-23)9-5-8-15-6-3-2-4-7-15/h2-4,6-7,12,16H,5,8-11,13H2,1H3,(H2,20,21,22). The zero-order chi connectivity index (χ0) is 17.6. The fraction of sp³-hybridized carbons (Fsp3) is 0.421. The van der Waals surface area contributed by atoms with Crippen LogP contribution in [0.15, 0.2) is 36.4 Å². The lowest BCUT2D eigenvalue weighted by molar-refractivity contribution is -0.0256. The van der Waals surface area contributed by atoms with Crippen LogP contribution in [0.2, 0.25) is 0 Å². The van der Waals surface area contributed by atoms with Gasteiger partial charge in [-0.2, -0.15) is 0 Å². The van der Waals surface area contributed by atoms with Crippen molar-refractivity contribution in [3.05, 3.63) is 53.3 Å². The van der Waals surface area contributed by atoms with Gasteiger partial charge in [0.2, 0.25) is 5.95 Å². The molecule has 2 heterocycles. The summed E-state index contributed by atoms with van der Waals surface area (Å²) >= 11 is 0. The van der Waals surface area contributed by atoms with Crippen LogP contribution in [-0.4, -0.2) is 46.6 Å². The first-order valence-electron chi connectivity index (χ1n) is 8.68. The second kappa shape index (κ2) is 8.07. The number of aromatic nitrogens is 2. The van der Waals surface area contributed by atoms with Crippen molar-refractivity contribution in [3.8, 4) is 0 Å². The van der Waals surface area contributed by atoms with Crippen molar-refractivity contribution in [2.75, 3.05) is 25.4 Å². The molecule has 2 N–H and O–H groups in total. The molecule has 3 rings (SSSR count). The summed E-state index contributed by atoms with van der Waals surface area (Å²) in [5.74, 6) is 0.0320. The molecule has 1 aliphatic heterocycles. The Balaban J connectivity index is 1.54. The zero-order valence-corrected chi connectivity index (χ0v) is 14.5. The van der Waals surface area contributed by atoms with Crippen LogP contribution in [0.1, 0.15) is 34.6 Å². The third kappa shape index (κ3) is 4.76. The number of hydrogen-bond acceptors (Lipinski definition) is 5. The highest BCUT2D eigenvalue weighted by Gasteiger charge is 2.26. The molecule has 1 aliphatic rings. The molecule has 1 aromatic heterocycles. The molecule has 0 aliphatic carbocycles. The number of benzene rings is 1. The van der Waals surface area contributed by atoms with Crippen LogP contribution in [0.25, 0.3) is 0 Å². The summed E-state index contributed by atoms with van der Waals surface area (Å²) < 4.78 is 5.83. The maximum Gasteiger partial charge on any atom is 0.272 e. The molecule has 1 unspecified atom stereocenters. The zero-order valence-electron chi connectivity index (χ0n) is 14.5. The third-order valence-corrected chi connectivity index (χ3v) is 4.35. The van der Waals surface area contributed by atoms with E-state index in [4.69, 9.17) is 10.5 Å². The van der Waals surface area contributed by atoms with Gasteiger partial charge in [-0.15, -0.1) is 0 Å². The number of ether oxygens (including phenoxy) is 1. The topological polar surface area (TPSA) is 81.3 Å². The van der Waals surface area contributed by atoms with E-state index in [-0.39, 0.29) is 18.0 Å². The number of nitrogens with two attached hydrogens (primary N) is 1. The highest BCUT2D eigenvalue weighted by molar-refractivity contribution is 5.92. The monoisotopic (exact) mass is 340 g/mol.